The van der Waals surface area contributed by atoms with Gasteiger partial charge in [0, 0.05) is 31.1 Å². The van der Waals surface area contributed by atoms with Crippen molar-refractivity contribution < 1.29 is 9.59 Å². The molecule has 1 saturated heterocycles. The summed E-state index contributed by atoms with van der Waals surface area (Å²) in [5.74, 6) is 0.776. The molecule has 2 aliphatic rings. The summed E-state index contributed by atoms with van der Waals surface area (Å²) in [6.45, 7) is 1.82. The molecule has 0 spiro atoms. The highest BCUT2D eigenvalue weighted by molar-refractivity contribution is 5.95. The van der Waals surface area contributed by atoms with Gasteiger partial charge in [-0.2, -0.15) is 0 Å². The normalized spacial score (nSPS) is 21.1. The molecule has 140 valence electrons. The van der Waals surface area contributed by atoms with E-state index in [4.69, 9.17) is 0 Å². The van der Waals surface area contributed by atoms with E-state index in [2.05, 4.69) is 17.4 Å². The Labute approximate surface area is 160 Å². The number of amides is 2. The van der Waals surface area contributed by atoms with E-state index in [-0.39, 0.29) is 17.7 Å². The number of carbonyl (C=O) groups is 2. The summed E-state index contributed by atoms with van der Waals surface area (Å²) in [5, 5.41) is 3.03. The molecule has 4 heteroatoms. The summed E-state index contributed by atoms with van der Waals surface area (Å²) >= 11 is 0. The van der Waals surface area contributed by atoms with Gasteiger partial charge in [0.1, 0.15) is 0 Å². The highest BCUT2D eigenvalue weighted by Crippen LogP contribution is 2.47. The number of carbonyl (C=O) groups excluding carboxylic acids is 2. The Bertz CT molecular complexity index is 795. The maximum atomic E-state index is 12.4. The van der Waals surface area contributed by atoms with E-state index in [0.29, 0.717) is 12.3 Å². The van der Waals surface area contributed by atoms with Gasteiger partial charge in [-0.15, -0.1) is 0 Å². The molecular weight excluding hydrogens is 336 g/mol. The molecule has 0 aromatic heterocycles. The number of anilines is 1. The third-order valence-electron chi connectivity index (χ3n) is 5.66. The van der Waals surface area contributed by atoms with Crippen molar-refractivity contribution in [3.8, 4) is 0 Å². The first-order valence-corrected chi connectivity index (χ1v) is 9.93. The van der Waals surface area contributed by atoms with Crippen LogP contribution in [0, 0.1) is 5.92 Å². The number of nitrogens with zero attached hydrogens (tertiary/aromatic N) is 1. The maximum Gasteiger partial charge on any atom is 0.228 e. The Morgan fingerprint density at radius 2 is 1.67 bits per heavy atom. The fourth-order valence-corrected chi connectivity index (χ4v) is 3.92. The van der Waals surface area contributed by atoms with E-state index in [9.17, 15) is 9.59 Å². The van der Waals surface area contributed by atoms with E-state index in [1.807, 2.05) is 47.4 Å². The van der Waals surface area contributed by atoms with Crippen molar-refractivity contribution in [1.29, 1.82) is 0 Å². The van der Waals surface area contributed by atoms with Crippen LogP contribution in [0.2, 0.25) is 0 Å². The van der Waals surface area contributed by atoms with Gasteiger partial charge in [0.05, 0.1) is 0 Å². The number of aryl methyl sites for hydroxylation is 1. The molecule has 2 amide bonds. The number of likely N-dealkylation sites (tertiary alicyclic amines) is 1. The molecule has 2 unspecified atom stereocenters. The molecule has 2 aromatic rings. The van der Waals surface area contributed by atoms with Crippen molar-refractivity contribution in [2.24, 2.45) is 5.92 Å². The second-order valence-corrected chi connectivity index (χ2v) is 7.63. The zero-order valence-corrected chi connectivity index (χ0v) is 15.6. The Balaban J connectivity index is 1.25. The first-order valence-electron chi connectivity index (χ1n) is 9.93. The lowest BCUT2D eigenvalue weighted by molar-refractivity contribution is -0.130. The third-order valence-corrected chi connectivity index (χ3v) is 5.66. The van der Waals surface area contributed by atoms with Crippen LogP contribution in [-0.2, 0) is 16.0 Å². The number of rotatable bonds is 6. The van der Waals surface area contributed by atoms with Crippen molar-refractivity contribution in [2.75, 3.05) is 18.4 Å². The number of hydrogen-bond donors (Lipinski definition) is 1. The largest absolute Gasteiger partial charge is 0.343 e. The fraction of sp³-hybridized carbons (Fsp3) is 0.391. The van der Waals surface area contributed by atoms with Gasteiger partial charge in [0.2, 0.25) is 11.8 Å². The summed E-state index contributed by atoms with van der Waals surface area (Å²) in [6, 6.07) is 18.1. The molecule has 2 atom stereocenters. The van der Waals surface area contributed by atoms with Crippen LogP contribution in [0.3, 0.4) is 0 Å². The monoisotopic (exact) mass is 362 g/mol. The lowest BCUT2D eigenvalue weighted by atomic mass is 10.1. The van der Waals surface area contributed by atoms with E-state index >= 15 is 0 Å². The van der Waals surface area contributed by atoms with Crippen molar-refractivity contribution in [2.45, 2.75) is 38.0 Å². The lowest BCUT2D eigenvalue weighted by Crippen LogP contribution is -2.27. The van der Waals surface area contributed by atoms with Crippen LogP contribution in [0.5, 0.6) is 0 Å². The molecule has 2 fully saturated rings. The molecule has 1 aliphatic heterocycles. The van der Waals surface area contributed by atoms with Gasteiger partial charge in [0.25, 0.3) is 0 Å². The molecule has 1 N–H and O–H groups in total. The van der Waals surface area contributed by atoms with Gasteiger partial charge >= 0.3 is 0 Å². The molecule has 1 saturated carbocycles. The van der Waals surface area contributed by atoms with Crippen LogP contribution < -0.4 is 5.32 Å². The minimum Gasteiger partial charge on any atom is -0.343 e. The van der Waals surface area contributed by atoms with E-state index in [0.717, 1.165) is 50.0 Å². The summed E-state index contributed by atoms with van der Waals surface area (Å²) < 4.78 is 0. The van der Waals surface area contributed by atoms with Gasteiger partial charge in [-0.05, 0) is 54.9 Å². The van der Waals surface area contributed by atoms with Gasteiger partial charge in [0.15, 0.2) is 0 Å². The smallest absolute Gasteiger partial charge is 0.228 e. The van der Waals surface area contributed by atoms with Gasteiger partial charge < -0.3 is 10.2 Å². The molecule has 1 aliphatic carbocycles. The highest BCUT2D eigenvalue weighted by atomic mass is 16.2. The molecular formula is C23H26N2O2. The molecule has 2 aromatic carbocycles. The van der Waals surface area contributed by atoms with Gasteiger partial charge in [-0.25, -0.2) is 0 Å². The molecule has 4 nitrogen and oxygen atoms in total. The Kier molecular flexibility index (Phi) is 5.23. The van der Waals surface area contributed by atoms with Crippen LogP contribution in [0.15, 0.2) is 54.6 Å². The van der Waals surface area contributed by atoms with Crippen molar-refractivity contribution in [3.05, 3.63) is 65.7 Å². The highest BCUT2D eigenvalue weighted by Gasteiger charge is 2.43. The maximum absolute atomic E-state index is 12.4. The second kappa shape index (κ2) is 7.95. The number of hydrogen-bond acceptors (Lipinski definition) is 2. The summed E-state index contributed by atoms with van der Waals surface area (Å²) in [6.07, 6.45) is 4.50. The average molecular weight is 362 g/mol. The third kappa shape index (κ3) is 4.38. The predicted octanol–water partition coefficient (Wildman–Crippen LogP) is 3.98. The van der Waals surface area contributed by atoms with E-state index in [1.165, 1.54) is 5.56 Å². The summed E-state index contributed by atoms with van der Waals surface area (Å²) in [5.41, 5.74) is 3.21. The second-order valence-electron chi connectivity index (χ2n) is 7.63. The first kappa shape index (κ1) is 17.8. The molecule has 4 rings (SSSR count). The number of benzene rings is 2. The predicted molar refractivity (Wildman–Crippen MR) is 106 cm³/mol. The van der Waals surface area contributed by atoms with E-state index < -0.39 is 0 Å². The van der Waals surface area contributed by atoms with Crippen LogP contribution >= 0.6 is 0 Å². The minimum absolute atomic E-state index is 0.0742. The van der Waals surface area contributed by atoms with Crippen LogP contribution in [0.1, 0.15) is 42.7 Å². The average Bonchev–Trinajstić information content (AvgIpc) is 3.33. The molecule has 0 radical (unpaired) electrons. The molecule has 1 heterocycles. The quantitative estimate of drug-likeness (QED) is 0.845. The van der Waals surface area contributed by atoms with Crippen molar-refractivity contribution in [1.82, 2.24) is 4.90 Å². The van der Waals surface area contributed by atoms with Gasteiger partial charge in [-0.3, -0.25) is 9.59 Å². The zero-order valence-electron chi connectivity index (χ0n) is 15.6. The molecule has 0 bridgehead atoms. The zero-order chi connectivity index (χ0) is 18.6. The fourth-order valence-electron chi connectivity index (χ4n) is 3.92. The Morgan fingerprint density at radius 1 is 0.963 bits per heavy atom. The van der Waals surface area contributed by atoms with Crippen LogP contribution in [-0.4, -0.2) is 29.8 Å². The topological polar surface area (TPSA) is 49.4 Å². The lowest BCUT2D eigenvalue weighted by Gasteiger charge is -2.15. The summed E-state index contributed by atoms with van der Waals surface area (Å²) in [7, 11) is 0. The SMILES string of the molecule is O=C(Nc1ccc(CCC(=O)N2CCCC2)cc1)C1CC1c1ccccc1. The minimum atomic E-state index is 0.0742. The van der Waals surface area contributed by atoms with E-state index in [1.54, 1.807) is 0 Å². The Hall–Kier alpha value is -2.62. The number of nitrogens with one attached hydrogen (secondary N) is 1. The first-order chi connectivity index (χ1) is 13.2. The standard InChI is InChI=1S/C23H26N2O2/c26-22(25-14-4-5-15-25)13-10-17-8-11-19(12-9-17)24-23(27)21-16-20(21)18-6-2-1-3-7-18/h1-3,6-9,11-12,20-21H,4-5,10,13-16H2,(H,24,27). The van der Waals surface area contributed by atoms with Crippen LogP contribution in [0.4, 0.5) is 5.69 Å². The van der Waals surface area contributed by atoms with Crippen LogP contribution in [0.25, 0.3) is 0 Å². The molecule has 27 heavy (non-hydrogen) atoms. The van der Waals surface area contributed by atoms with Crippen molar-refractivity contribution >= 4 is 17.5 Å². The van der Waals surface area contributed by atoms with Crippen molar-refractivity contribution in [3.63, 3.8) is 0 Å². The van der Waals surface area contributed by atoms with Gasteiger partial charge in [-0.1, -0.05) is 42.5 Å². The Morgan fingerprint density at radius 3 is 2.37 bits per heavy atom. The summed E-state index contributed by atoms with van der Waals surface area (Å²) in [4.78, 5) is 26.5.